The summed E-state index contributed by atoms with van der Waals surface area (Å²) in [5.74, 6) is 0.966. The van der Waals surface area contributed by atoms with Crippen LogP contribution < -0.4 is 5.32 Å². The molecule has 0 saturated carbocycles. The van der Waals surface area contributed by atoms with E-state index < -0.39 is 0 Å². The molecule has 0 rings (SSSR count). The predicted molar refractivity (Wildman–Crippen MR) is 45.3 cm³/mol. The van der Waals surface area contributed by atoms with Crippen LogP contribution in [0.1, 0.15) is 20.3 Å². The third-order valence-electron chi connectivity index (χ3n) is 0.949. The fourth-order valence-electron chi connectivity index (χ4n) is 0.531. The number of amides is 1. The number of hydrogen-bond acceptors (Lipinski definition) is 1. The van der Waals surface area contributed by atoms with Gasteiger partial charge in [0.2, 0.25) is 5.91 Å². The van der Waals surface area contributed by atoms with Crippen LogP contribution in [0.4, 0.5) is 0 Å². The Morgan fingerprint density at radius 2 is 2.40 bits per heavy atom. The molecule has 58 valence electrons. The first kappa shape index (κ1) is 9.47. The van der Waals surface area contributed by atoms with Crippen LogP contribution in [0.3, 0.4) is 0 Å². The van der Waals surface area contributed by atoms with Crippen molar-refractivity contribution in [2.75, 3.05) is 12.3 Å². The molecule has 0 aliphatic rings. The van der Waals surface area contributed by atoms with E-state index >= 15 is 0 Å². The molecular formula is C7H13NOS. The van der Waals surface area contributed by atoms with Crippen molar-refractivity contribution in [3.8, 4) is 5.18 Å². The Labute approximate surface area is 65.6 Å². The monoisotopic (exact) mass is 159 g/mol. The lowest BCUT2D eigenvalue weighted by Crippen LogP contribution is -2.22. The highest BCUT2D eigenvalue weighted by Gasteiger charge is 1.94. The second-order valence-electron chi connectivity index (χ2n) is 1.76. The normalized spacial score (nSPS) is 8.20. The summed E-state index contributed by atoms with van der Waals surface area (Å²) in [5, 5.41) is 5.63. The minimum Gasteiger partial charge on any atom is -0.356 e. The maximum absolute atomic E-state index is 10.8. The topological polar surface area (TPSA) is 29.1 Å². The zero-order valence-electron chi connectivity index (χ0n) is 6.44. The molecule has 3 heteroatoms. The Balaban J connectivity index is 3.27. The molecule has 0 aliphatic carbocycles. The van der Waals surface area contributed by atoms with Gasteiger partial charge >= 0.3 is 0 Å². The van der Waals surface area contributed by atoms with Gasteiger partial charge in [0.25, 0.3) is 0 Å². The Bertz CT molecular complexity index is 157. The molecule has 0 heterocycles. The number of carbonyl (C=O) groups excluding carboxylic acids is 1. The van der Waals surface area contributed by atoms with E-state index in [2.05, 4.69) is 10.5 Å². The van der Waals surface area contributed by atoms with Gasteiger partial charge in [-0.2, -0.15) is 0 Å². The summed E-state index contributed by atoms with van der Waals surface area (Å²) in [6.45, 7) is 4.49. The highest BCUT2D eigenvalue weighted by molar-refractivity contribution is 7.88. The van der Waals surface area contributed by atoms with Gasteiger partial charge in [0.15, 0.2) is 0 Å². The van der Waals surface area contributed by atoms with Crippen LogP contribution in [0.25, 0.3) is 0 Å². The van der Waals surface area contributed by atoms with E-state index in [-0.39, 0.29) is 5.91 Å². The first-order chi connectivity index (χ1) is 4.81. The molecule has 0 radical (unpaired) electrons. The quantitative estimate of drug-likeness (QED) is 0.659. The van der Waals surface area contributed by atoms with E-state index in [9.17, 15) is 4.79 Å². The summed E-state index contributed by atoms with van der Waals surface area (Å²) in [5.41, 5.74) is 0. The second-order valence-corrected chi connectivity index (χ2v) is 2.86. The highest BCUT2D eigenvalue weighted by atomic mass is 32.1. The van der Waals surface area contributed by atoms with E-state index in [1.807, 2.05) is 13.8 Å². The SMILES string of the molecule is CC#SCCC(=O)NCC. The molecule has 10 heavy (non-hydrogen) atoms. The highest BCUT2D eigenvalue weighted by Crippen LogP contribution is 1.87. The molecule has 0 aromatic heterocycles. The lowest BCUT2D eigenvalue weighted by Gasteiger charge is -1.96. The zero-order valence-corrected chi connectivity index (χ0v) is 7.25. The Morgan fingerprint density at radius 1 is 1.70 bits per heavy atom. The van der Waals surface area contributed by atoms with Crippen LogP contribution in [-0.2, 0) is 4.79 Å². The summed E-state index contributed by atoms with van der Waals surface area (Å²) in [7, 11) is 0. The summed E-state index contributed by atoms with van der Waals surface area (Å²) in [6, 6.07) is 0. The standard InChI is InChI=1S/C7H13NOS/c1-3-8-7(9)5-6-10-4-2/h3,5-6H2,1-2H3,(H,8,9). The van der Waals surface area contributed by atoms with Crippen molar-refractivity contribution in [2.45, 2.75) is 20.3 Å². The molecule has 2 nitrogen and oxygen atoms in total. The molecule has 0 saturated heterocycles. The lowest BCUT2D eigenvalue weighted by molar-refractivity contribution is -0.120. The lowest BCUT2D eigenvalue weighted by atomic mass is 10.4. The Kier molecular flexibility index (Phi) is 6.24. The van der Waals surface area contributed by atoms with Crippen LogP contribution in [0.5, 0.6) is 0 Å². The van der Waals surface area contributed by atoms with Crippen LogP contribution in [-0.4, -0.2) is 18.2 Å². The van der Waals surface area contributed by atoms with Gasteiger partial charge in [-0.05, 0) is 13.8 Å². The van der Waals surface area contributed by atoms with Crippen molar-refractivity contribution in [1.29, 1.82) is 0 Å². The van der Waals surface area contributed by atoms with E-state index in [1.165, 1.54) is 0 Å². The third-order valence-corrected chi connectivity index (χ3v) is 1.65. The van der Waals surface area contributed by atoms with Crippen LogP contribution in [0.2, 0.25) is 0 Å². The first-order valence-electron chi connectivity index (χ1n) is 3.36. The van der Waals surface area contributed by atoms with E-state index in [0.29, 0.717) is 6.42 Å². The fourth-order valence-corrected chi connectivity index (χ4v) is 1.02. The minimum atomic E-state index is 0.130. The number of hydrogen-bond donors (Lipinski definition) is 1. The van der Waals surface area contributed by atoms with Gasteiger partial charge in [-0.3, -0.25) is 4.79 Å². The number of nitrogens with one attached hydrogen (secondary N) is 1. The van der Waals surface area contributed by atoms with Crippen LogP contribution in [0, 0.1) is 5.18 Å². The van der Waals surface area contributed by atoms with E-state index in [1.54, 1.807) is 11.2 Å². The molecule has 0 aliphatic heterocycles. The smallest absolute Gasteiger partial charge is 0.221 e. The van der Waals surface area contributed by atoms with Gasteiger partial charge in [0, 0.05) is 18.7 Å². The average Bonchev–Trinajstić information content (AvgIpc) is 1.89. The van der Waals surface area contributed by atoms with E-state index in [4.69, 9.17) is 0 Å². The third kappa shape index (κ3) is 5.60. The van der Waals surface area contributed by atoms with Crippen LogP contribution in [0.15, 0.2) is 0 Å². The summed E-state index contributed by atoms with van der Waals surface area (Å²) in [6.07, 6.45) is 0.597. The van der Waals surface area contributed by atoms with Crippen molar-refractivity contribution in [1.82, 2.24) is 5.32 Å². The van der Waals surface area contributed by atoms with Crippen molar-refractivity contribution >= 4 is 17.1 Å². The zero-order chi connectivity index (χ0) is 7.82. The van der Waals surface area contributed by atoms with Gasteiger partial charge in [-0.1, -0.05) is 5.18 Å². The summed E-state index contributed by atoms with van der Waals surface area (Å²) < 4.78 is 0. The molecular weight excluding hydrogens is 146 g/mol. The van der Waals surface area contributed by atoms with Gasteiger partial charge in [-0.25, -0.2) is 0 Å². The van der Waals surface area contributed by atoms with Crippen molar-refractivity contribution in [3.63, 3.8) is 0 Å². The van der Waals surface area contributed by atoms with Crippen molar-refractivity contribution in [3.05, 3.63) is 0 Å². The van der Waals surface area contributed by atoms with Gasteiger partial charge < -0.3 is 5.32 Å². The molecule has 0 bridgehead atoms. The summed E-state index contributed by atoms with van der Waals surface area (Å²) >= 11 is 1.55. The maximum atomic E-state index is 10.8. The van der Waals surface area contributed by atoms with Gasteiger partial charge in [0.1, 0.15) is 0 Å². The first-order valence-corrected chi connectivity index (χ1v) is 4.35. The predicted octanol–water partition coefficient (Wildman–Crippen LogP) is 1.22. The molecule has 0 aromatic rings. The molecule has 0 fully saturated rings. The fraction of sp³-hybridized carbons (Fsp3) is 0.714. The number of rotatable bonds is 3. The minimum absolute atomic E-state index is 0.130. The van der Waals surface area contributed by atoms with E-state index in [0.717, 1.165) is 12.3 Å². The van der Waals surface area contributed by atoms with Gasteiger partial charge in [-0.15, -0.1) is 11.2 Å². The molecule has 1 N–H and O–H groups in total. The van der Waals surface area contributed by atoms with Crippen molar-refractivity contribution in [2.24, 2.45) is 0 Å². The Morgan fingerprint density at radius 3 is 2.90 bits per heavy atom. The second kappa shape index (κ2) is 6.59. The molecule has 1 amide bonds. The number of carbonyl (C=O) groups is 1. The molecule has 0 unspecified atom stereocenters. The summed E-state index contributed by atoms with van der Waals surface area (Å²) in [4.78, 5) is 10.8. The molecule has 0 aromatic carbocycles. The Hall–Kier alpha value is -0.530. The molecule has 0 spiro atoms. The van der Waals surface area contributed by atoms with Gasteiger partial charge in [0.05, 0.1) is 0 Å². The largest absolute Gasteiger partial charge is 0.356 e. The van der Waals surface area contributed by atoms with Crippen molar-refractivity contribution < 1.29 is 4.79 Å². The molecule has 0 atom stereocenters. The average molecular weight is 159 g/mol. The maximum Gasteiger partial charge on any atom is 0.221 e. The van der Waals surface area contributed by atoms with Crippen LogP contribution >= 0.6 is 11.2 Å².